The third-order valence-corrected chi connectivity index (χ3v) is 5.30. The van der Waals surface area contributed by atoms with E-state index in [0.717, 1.165) is 6.07 Å². The van der Waals surface area contributed by atoms with E-state index >= 15 is 0 Å². The van der Waals surface area contributed by atoms with E-state index < -0.39 is 27.8 Å². The number of nitriles is 1. The first-order chi connectivity index (χ1) is 12.9. The summed E-state index contributed by atoms with van der Waals surface area (Å²) in [4.78, 5) is 15.3. The fraction of sp³-hybridized carbons (Fsp3) is 0.188. The van der Waals surface area contributed by atoms with Gasteiger partial charge in [-0.15, -0.1) is 0 Å². The molecule has 0 spiro atoms. The van der Waals surface area contributed by atoms with Crippen LogP contribution < -0.4 is 10.5 Å². The zero-order valence-electron chi connectivity index (χ0n) is 14.2. The van der Waals surface area contributed by atoms with Crippen molar-refractivity contribution in [3.8, 4) is 6.07 Å². The molecule has 2 aromatic rings. The van der Waals surface area contributed by atoms with E-state index in [0.29, 0.717) is 11.8 Å². The molecule has 0 fully saturated rings. The molecule has 1 amide bonds. The molecule has 0 aliphatic carbocycles. The van der Waals surface area contributed by atoms with Gasteiger partial charge in [-0.25, -0.2) is 18.5 Å². The molecule has 1 aromatic heterocycles. The number of rotatable bonds is 5. The second-order valence-corrected chi connectivity index (χ2v) is 8.05. The largest absolute Gasteiger partial charge is 0.433 e. The molecule has 0 aliphatic rings. The third-order valence-electron chi connectivity index (χ3n) is 3.39. The van der Waals surface area contributed by atoms with Gasteiger partial charge in [-0.05, 0) is 42.8 Å². The lowest BCUT2D eigenvalue weighted by molar-refractivity contribution is -0.141. The van der Waals surface area contributed by atoms with Crippen molar-refractivity contribution >= 4 is 33.4 Å². The van der Waals surface area contributed by atoms with Crippen molar-refractivity contribution in [3.63, 3.8) is 0 Å². The molecule has 28 heavy (non-hydrogen) atoms. The number of nitrogens with two attached hydrogens (primary N) is 1. The number of pyridine rings is 1. The number of amides is 1. The average Bonchev–Trinajstić information content (AvgIpc) is 2.58. The van der Waals surface area contributed by atoms with Crippen molar-refractivity contribution in [2.75, 3.05) is 11.1 Å². The second-order valence-electron chi connectivity index (χ2n) is 5.52. The predicted molar refractivity (Wildman–Crippen MR) is 95.9 cm³/mol. The van der Waals surface area contributed by atoms with Crippen LogP contribution in [0.5, 0.6) is 0 Å². The van der Waals surface area contributed by atoms with Gasteiger partial charge in [0.05, 0.1) is 16.2 Å². The van der Waals surface area contributed by atoms with Gasteiger partial charge in [-0.2, -0.15) is 18.4 Å². The Balaban J connectivity index is 2.12. The summed E-state index contributed by atoms with van der Waals surface area (Å²) in [5, 5.41) is 16.4. The molecular formula is C16H13F3N4O3S2. The maximum Gasteiger partial charge on any atom is 0.433 e. The van der Waals surface area contributed by atoms with Crippen LogP contribution in [0.2, 0.25) is 0 Å². The number of alkyl halides is 3. The summed E-state index contributed by atoms with van der Waals surface area (Å²) >= 11 is 0.689. The lowest BCUT2D eigenvalue weighted by Crippen LogP contribution is -2.16. The van der Waals surface area contributed by atoms with Crippen LogP contribution in [-0.4, -0.2) is 25.1 Å². The minimum Gasteiger partial charge on any atom is -0.325 e. The highest BCUT2D eigenvalue weighted by molar-refractivity contribution is 8.00. The van der Waals surface area contributed by atoms with Gasteiger partial charge in [0, 0.05) is 5.69 Å². The standard InChI is InChI=1S/C16H13F3N4O3S2/c1-9-6-13(16(17,18)19)23-15(12(9)7-20)27-8-14(24)22-10-2-4-11(5-3-10)28(21,25)26/h2-6H,8H2,1H3,(H,22,24)(H2,21,25,26). The number of anilines is 1. The molecule has 0 bridgehead atoms. The van der Waals surface area contributed by atoms with Crippen molar-refractivity contribution in [2.45, 2.75) is 23.0 Å². The zero-order valence-corrected chi connectivity index (χ0v) is 15.9. The molecule has 0 saturated carbocycles. The lowest BCUT2D eigenvalue weighted by Gasteiger charge is -2.11. The Morgan fingerprint density at radius 1 is 1.32 bits per heavy atom. The summed E-state index contributed by atoms with van der Waals surface area (Å²) < 4.78 is 61.1. The molecule has 12 heteroatoms. The number of sulfonamides is 1. The zero-order chi connectivity index (χ0) is 21.1. The number of thioether (sulfide) groups is 1. The number of hydrogen-bond acceptors (Lipinski definition) is 6. The van der Waals surface area contributed by atoms with Crippen LogP contribution in [-0.2, 0) is 21.0 Å². The Morgan fingerprint density at radius 3 is 2.43 bits per heavy atom. The lowest BCUT2D eigenvalue weighted by atomic mass is 10.1. The van der Waals surface area contributed by atoms with Crippen LogP contribution in [0.3, 0.4) is 0 Å². The Labute approximate surface area is 162 Å². The second kappa shape index (κ2) is 8.17. The van der Waals surface area contributed by atoms with Crippen LogP contribution in [0.15, 0.2) is 40.3 Å². The molecule has 3 N–H and O–H groups in total. The molecule has 0 radical (unpaired) electrons. The maximum absolute atomic E-state index is 12.9. The van der Waals surface area contributed by atoms with Gasteiger partial charge < -0.3 is 5.32 Å². The van der Waals surface area contributed by atoms with Gasteiger partial charge in [0.15, 0.2) is 0 Å². The van der Waals surface area contributed by atoms with Crippen LogP contribution in [0.1, 0.15) is 16.8 Å². The summed E-state index contributed by atoms with van der Waals surface area (Å²) in [6, 6.07) is 7.59. The van der Waals surface area contributed by atoms with Gasteiger partial charge in [0.2, 0.25) is 15.9 Å². The Hall–Kier alpha value is -2.62. The van der Waals surface area contributed by atoms with Crippen LogP contribution in [0.25, 0.3) is 0 Å². The first kappa shape index (κ1) is 21.7. The quantitative estimate of drug-likeness (QED) is 0.703. The molecule has 1 aromatic carbocycles. The monoisotopic (exact) mass is 430 g/mol. The molecule has 0 atom stereocenters. The van der Waals surface area contributed by atoms with E-state index in [-0.39, 0.29) is 32.5 Å². The fourth-order valence-electron chi connectivity index (χ4n) is 2.09. The summed E-state index contributed by atoms with van der Waals surface area (Å²) in [6.07, 6.45) is -4.68. The molecule has 148 valence electrons. The van der Waals surface area contributed by atoms with E-state index in [9.17, 15) is 26.4 Å². The number of benzene rings is 1. The number of aromatic nitrogens is 1. The predicted octanol–water partition coefficient (Wildman–Crippen LogP) is 2.66. The normalized spacial score (nSPS) is 11.7. The van der Waals surface area contributed by atoms with E-state index in [4.69, 9.17) is 10.4 Å². The Morgan fingerprint density at radius 2 is 1.93 bits per heavy atom. The van der Waals surface area contributed by atoms with Crippen LogP contribution in [0.4, 0.5) is 18.9 Å². The molecule has 1 heterocycles. The van der Waals surface area contributed by atoms with E-state index in [1.54, 1.807) is 6.07 Å². The van der Waals surface area contributed by atoms with Gasteiger partial charge in [-0.3, -0.25) is 4.79 Å². The van der Waals surface area contributed by atoms with Gasteiger partial charge in [-0.1, -0.05) is 11.8 Å². The Kier molecular flexibility index (Phi) is 6.33. The smallest absolute Gasteiger partial charge is 0.325 e. The number of nitrogens with zero attached hydrogens (tertiary/aromatic N) is 2. The summed E-state index contributed by atoms with van der Waals surface area (Å²) in [5.41, 5.74) is -0.813. The minimum absolute atomic E-state index is 0.0386. The van der Waals surface area contributed by atoms with Gasteiger partial charge in [0.1, 0.15) is 16.8 Å². The summed E-state index contributed by atoms with van der Waals surface area (Å²) in [5.74, 6) is -0.881. The third kappa shape index (κ3) is 5.44. The highest BCUT2D eigenvalue weighted by Crippen LogP contribution is 2.32. The number of nitrogens with one attached hydrogen (secondary N) is 1. The molecule has 0 unspecified atom stereocenters. The van der Waals surface area contributed by atoms with Crippen molar-refractivity contribution < 1.29 is 26.4 Å². The van der Waals surface area contributed by atoms with E-state index in [1.807, 2.05) is 0 Å². The molecule has 0 saturated heterocycles. The van der Waals surface area contributed by atoms with Crippen molar-refractivity contribution in [3.05, 3.63) is 47.2 Å². The van der Waals surface area contributed by atoms with Gasteiger partial charge >= 0.3 is 6.18 Å². The van der Waals surface area contributed by atoms with Crippen molar-refractivity contribution in [2.24, 2.45) is 5.14 Å². The molecular weight excluding hydrogens is 417 g/mol. The number of carbonyl (C=O) groups is 1. The van der Waals surface area contributed by atoms with Crippen molar-refractivity contribution in [1.82, 2.24) is 4.98 Å². The van der Waals surface area contributed by atoms with Gasteiger partial charge in [0.25, 0.3) is 0 Å². The molecule has 7 nitrogen and oxygen atoms in total. The maximum atomic E-state index is 12.9. The number of aryl methyl sites for hydroxylation is 1. The first-order valence-electron chi connectivity index (χ1n) is 7.46. The van der Waals surface area contributed by atoms with Crippen LogP contribution >= 0.6 is 11.8 Å². The van der Waals surface area contributed by atoms with Crippen LogP contribution in [0, 0.1) is 18.3 Å². The van der Waals surface area contributed by atoms with Crippen molar-refractivity contribution in [1.29, 1.82) is 5.26 Å². The SMILES string of the molecule is Cc1cc(C(F)(F)F)nc(SCC(=O)Nc2ccc(S(N)(=O)=O)cc2)c1C#N. The highest BCUT2D eigenvalue weighted by Gasteiger charge is 2.34. The molecule has 2 rings (SSSR count). The number of primary sulfonamides is 1. The van der Waals surface area contributed by atoms with E-state index in [1.165, 1.54) is 31.2 Å². The summed E-state index contributed by atoms with van der Waals surface area (Å²) in [6.45, 7) is 1.35. The number of hydrogen-bond donors (Lipinski definition) is 2. The first-order valence-corrected chi connectivity index (χ1v) is 9.99. The molecule has 0 aliphatic heterocycles. The summed E-state index contributed by atoms with van der Waals surface area (Å²) in [7, 11) is -3.87. The Bertz CT molecular complexity index is 1050. The number of halogens is 3. The fourth-order valence-corrected chi connectivity index (χ4v) is 3.46. The number of carbonyl (C=O) groups excluding carboxylic acids is 1. The highest BCUT2D eigenvalue weighted by atomic mass is 32.2. The minimum atomic E-state index is -4.68. The average molecular weight is 430 g/mol. The topological polar surface area (TPSA) is 126 Å². The van der Waals surface area contributed by atoms with E-state index in [2.05, 4.69) is 10.3 Å².